The fourth-order valence-electron chi connectivity index (χ4n) is 2.73. The van der Waals surface area contributed by atoms with Gasteiger partial charge in [-0.15, -0.1) is 12.4 Å². The zero-order valence-corrected chi connectivity index (χ0v) is 19.1. The van der Waals surface area contributed by atoms with Crippen molar-refractivity contribution in [2.24, 2.45) is 0 Å². The van der Waals surface area contributed by atoms with E-state index in [2.05, 4.69) is 0 Å². The number of benzene rings is 2. The van der Waals surface area contributed by atoms with E-state index >= 15 is 0 Å². The number of hydrogen-bond acceptors (Lipinski definition) is 4. The molecule has 150 valence electrons. The van der Waals surface area contributed by atoms with Gasteiger partial charge < -0.3 is 4.90 Å². The van der Waals surface area contributed by atoms with Gasteiger partial charge in [0.1, 0.15) is 0 Å². The number of aryl methyl sites for hydroxylation is 1. The van der Waals surface area contributed by atoms with Gasteiger partial charge in [0.05, 0.1) is 21.7 Å². The Morgan fingerprint density at radius 2 is 1.79 bits per heavy atom. The summed E-state index contributed by atoms with van der Waals surface area (Å²) in [6, 6.07) is 11.2. The summed E-state index contributed by atoms with van der Waals surface area (Å²) in [6.07, 6.45) is 0.232. The minimum absolute atomic E-state index is 0. The molecule has 3 rings (SSSR count). The molecular weight excluding hydrogens is 437 g/mol. The van der Waals surface area contributed by atoms with Gasteiger partial charge >= 0.3 is 0 Å². The number of nitrogens with zero attached hydrogens (tertiary/aromatic N) is 3. The van der Waals surface area contributed by atoms with E-state index in [0.717, 1.165) is 27.9 Å². The Labute approximate surface area is 185 Å². The molecule has 0 spiro atoms. The van der Waals surface area contributed by atoms with E-state index < -0.39 is 0 Å². The minimum Gasteiger partial charge on any atom is -0.308 e. The smallest absolute Gasteiger partial charge is 0.233 e. The zero-order chi connectivity index (χ0) is 19.6. The van der Waals surface area contributed by atoms with Crippen LogP contribution >= 0.6 is 46.9 Å². The molecule has 0 aliphatic heterocycles. The van der Waals surface area contributed by atoms with Crippen LogP contribution in [0.4, 0.5) is 5.13 Å². The van der Waals surface area contributed by atoms with Crippen molar-refractivity contribution in [2.75, 3.05) is 32.1 Å². The van der Waals surface area contributed by atoms with Crippen LogP contribution in [0.1, 0.15) is 11.1 Å². The Morgan fingerprint density at radius 3 is 2.43 bits per heavy atom. The third kappa shape index (κ3) is 5.16. The molecule has 0 aliphatic rings. The molecule has 0 aliphatic carbocycles. The largest absolute Gasteiger partial charge is 0.308 e. The third-order valence-electron chi connectivity index (χ3n) is 4.29. The molecule has 2 aromatic carbocycles. The Kier molecular flexibility index (Phi) is 8.10. The number of hydrogen-bond donors (Lipinski definition) is 0. The van der Waals surface area contributed by atoms with E-state index in [1.807, 2.05) is 56.3 Å². The second-order valence-electron chi connectivity index (χ2n) is 6.66. The number of thiazole rings is 1. The molecule has 0 bridgehead atoms. The molecule has 0 atom stereocenters. The highest BCUT2D eigenvalue weighted by molar-refractivity contribution is 7.23. The quantitative estimate of drug-likeness (QED) is 0.491. The lowest BCUT2D eigenvalue weighted by atomic mass is 10.1. The maximum atomic E-state index is 13.1. The Morgan fingerprint density at radius 1 is 1.07 bits per heavy atom. The van der Waals surface area contributed by atoms with Crippen molar-refractivity contribution in [3.05, 3.63) is 57.6 Å². The molecule has 0 saturated heterocycles. The van der Waals surface area contributed by atoms with E-state index in [1.165, 1.54) is 11.3 Å². The second kappa shape index (κ2) is 9.90. The topological polar surface area (TPSA) is 36.4 Å². The second-order valence-corrected chi connectivity index (χ2v) is 8.45. The number of anilines is 1. The summed E-state index contributed by atoms with van der Waals surface area (Å²) in [7, 11) is 3.96. The van der Waals surface area contributed by atoms with E-state index in [1.54, 1.807) is 11.0 Å². The fourth-order valence-corrected chi connectivity index (χ4v) is 4.30. The predicted molar refractivity (Wildman–Crippen MR) is 123 cm³/mol. The van der Waals surface area contributed by atoms with Crippen molar-refractivity contribution in [1.29, 1.82) is 0 Å². The van der Waals surface area contributed by atoms with Gasteiger partial charge in [-0.1, -0.05) is 58.8 Å². The standard InChI is InChI=1S/C20H21Cl2N3OS.ClH/c1-13-8-9-16(22)19-18(13)23-20(27-19)25(11-10-24(2)3)17(26)12-14-6-4-5-7-15(14)21;/h4-9H,10-12H2,1-3H3;1H. The maximum Gasteiger partial charge on any atom is 0.233 e. The molecule has 0 unspecified atom stereocenters. The van der Waals surface area contributed by atoms with Crippen LogP contribution in [0.3, 0.4) is 0 Å². The lowest BCUT2D eigenvalue weighted by Crippen LogP contribution is -2.37. The van der Waals surface area contributed by atoms with Crippen LogP contribution in [-0.2, 0) is 11.2 Å². The molecule has 0 N–H and O–H groups in total. The van der Waals surface area contributed by atoms with Crippen molar-refractivity contribution < 1.29 is 4.79 Å². The number of aromatic nitrogens is 1. The number of carbonyl (C=O) groups is 1. The molecule has 0 saturated carbocycles. The first kappa shape index (κ1) is 22.9. The average Bonchev–Trinajstić information content (AvgIpc) is 3.06. The first-order valence-electron chi connectivity index (χ1n) is 8.61. The normalized spacial score (nSPS) is 10.9. The molecule has 1 amide bonds. The number of likely N-dealkylation sites (N-methyl/N-ethyl adjacent to an activating group) is 1. The summed E-state index contributed by atoms with van der Waals surface area (Å²) >= 11 is 14.0. The molecule has 1 aromatic heterocycles. The van der Waals surface area contributed by atoms with Crippen molar-refractivity contribution in [2.45, 2.75) is 13.3 Å². The van der Waals surface area contributed by atoms with Gasteiger partial charge in [0, 0.05) is 18.1 Å². The molecule has 4 nitrogen and oxygen atoms in total. The van der Waals surface area contributed by atoms with E-state index in [4.69, 9.17) is 28.2 Å². The summed E-state index contributed by atoms with van der Waals surface area (Å²) in [4.78, 5) is 21.6. The molecule has 0 fully saturated rings. The summed E-state index contributed by atoms with van der Waals surface area (Å²) in [5.74, 6) is -0.0298. The zero-order valence-electron chi connectivity index (χ0n) is 15.9. The Hall–Kier alpha value is -1.37. The number of amides is 1. The Bertz CT molecular complexity index is 935. The molecule has 8 heteroatoms. The van der Waals surface area contributed by atoms with Gasteiger partial charge in [0.2, 0.25) is 5.91 Å². The monoisotopic (exact) mass is 457 g/mol. The van der Waals surface area contributed by atoms with Crippen LogP contribution in [0.2, 0.25) is 10.0 Å². The van der Waals surface area contributed by atoms with E-state index in [-0.39, 0.29) is 24.7 Å². The molecule has 28 heavy (non-hydrogen) atoms. The summed E-state index contributed by atoms with van der Waals surface area (Å²) in [5, 5.41) is 1.92. The van der Waals surface area contributed by atoms with Crippen molar-refractivity contribution in [3.8, 4) is 0 Å². The average molecular weight is 459 g/mol. The predicted octanol–water partition coefficient (Wildman–Crippen LogP) is 5.47. The van der Waals surface area contributed by atoms with Gasteiger partial charge in [-0.2, -0.15) is 0 Å². The SMILES string of the molecule is Cc1ccc(Cl)c2sc(N(CCN(C)C)C(=O)Cc3ccccc3Cl)nc12.Cl. The van der Waals surface area contributed by atoms with Gasteiger partial charge in [-0.3, -0.25) is 9.69 Å². The summed E-state index contributed by atoms with van der Waals surface area (Å²) in [6.45, 7) is 3.28. The van der Waals surface area contributed by atoms with Crippen molar-refractivity contribution in [3.63, 3.8) is 0 Å². The van der Waals surface area contributed by atoms with Crippen LogP contribution in [0.5, 0.6) is 0 Å². The van der Waals surface area contributed by atoms with Crippen LogP contribution in [-0.4, -0.2) is 43.0 Å². The van der Waals surface area contributed by atoms with E-state index in [0.29, 0.717) is 21.7 Å². The maximum absolute atomic E-state index is 13.1. The van der Waals surface area contributed by atoms with Gasteiger partial charge in [0.15, 0.2) is 5.13 Å². The number of rotatable bonds is 6. The van der Waals surface area contributed by atoms with Crippen LogP contribution < -0.4 is 4.90 Å². The van der Waals surface area contributed by atoms with Crippen LogP contribution in [0.15, 0.2) is 36.4 Å². The van der Waals surface area contributed by atoms with Gasteiger partial charge in [-0.05, 0) is 44.3 Å². The summed E-state index contributed by atoms with van der Waals surface area (Å²) < 4.78 is 0.909. The lowest BCUT2D eigenvalue weighted by molar-refractivity contribution is -0.118. The minimum atomic E-state index is -0.0298. The molecular formula is C20H22Cl3N3OS. The highest BCUT2D eigenvalue weighted by atomic mass is 35.5. The number of halogens is 3. The molecule has 3 aromatic rings. The lowest BCUT2D eigenvalue weighted by Gasteiger charge is -2.22. The summed E-state index contributed by atoms with van der Waals surface area (Å²) in [5.41, 5.74) is 2.71. The Balaban J connectivity index is 0.00000280. The fraction of sp³-hybridized carbons (Fsp3) is 0.300. The van der Waals surface area contributed by atoms with Crippen LogP contribution in [0.25, 0.3) is 10.2 Å². The number of carbonyl (C=O) groups excluding carboxylic acids is 1. The highest BCUT2D eigenvalue weighted by Crippen LogP contribution is 2.35. The van der Waals surface area contributed by atoms with Gasteiger partial charge in [0.25, 0.3) is 0 Å². The highest BCUT2D eigenvalue weighted by Gasteiger charge is 2.22. The first-order chi connectivity index (χ1) is 12.9. The van der Waals surface area contributed by atoms with Crippen LogP contribution in [0, 0.1) is 6.92 Å². The van der Waals surface area contributed by atoms with Gasteiger partial charge in [-0.25, -0.2) is 4.98 Å². The van der Waals surface area contributed by atoms with Crippen molar-refractivity contribution >= 4 is 68.2 Å². The number of fused-ring (bicyclic) bond motifs is 1. The van der Waals surface area contributed by atoms with Crippen molar-refractivity contribution in [1.82, 2.24) is 9.88 Å². The molecule has 0 radical (unpaired) electrons. The molecule has 1 heterocycles. The van der Waals surface area contributed by atoms with E-state index in [9.17, 15) is 4.79 Å². The first-order valence-corrected chi connectivity index (χ1v) is 10.2. The third-order valence-corrected chi connectivity index (χ3v) is 6.20.